The van der Waals surface area contributed by atoms with Gasteiger partial charge < -0.3 is 20.2 Å². The first-order valence-electron chi connectivity index (χ1n) is 11.9. The fraction of sp³-hybridized carbons (Fsp3) is 0.538. The maximum absolute atomic E-state index is 12.9. The minimum absolute atomic E-state index is 0.160. The Bertz CT molecular complexity index is 1130. The average Bonchev–Trinajstić information content (AvgIpc) is 3.42. The zero-order valence-corrected chi connectivity index (χ0v) is 19.6. The highest BCUT2D eigenvalue weighted by molar-refractivity contribution is 5.90. The summed E-state index contributed by atoms with van der Waals surface area (Å²) < 4.78 is 2.40. The first kappa shape index (κ1) is 21.3. The zero-order valence-electron chi connectivity index (χ0n) is 19.6. The lowest BCUT2D eigenvalue weighted by atomic mass is 9.64. The van der Waals surface area contributed by atoms with Crippen molar-refractivity contribution in [2.24, 2.45) is 11.1 Å². The SMILES string of the molecule is CC(CCC1(C(N)=O)C[C@@H]2c3cccc4c3c(cn4C(C)C)C[C@H]2N(C)C1)c1ncc[nH]1. The Kier molecular flexibility index (Phi) is 5.16. The molecule has 1 aliphatic carbocycles. The van der Waals surface area contributed by atoms with E-state index in [0.29, 0.717) is 18.0 Å². The normalized spacial score (nSPS) is 26.4. The molecule has 2 aliphatic rings. The molecule has 3 aromatic rings. The van der Waals surface area contributed by atoms with E-state index in [2.05, 4.69) is 71.6 Å². The van der Waals surface area contributed by atoms with Crippen LogP contribution in [0.5, 0.6) is 0 Å². The molecule has 1 aromatic carbocycles. The summed E-state index contributed by atoms with van der Waals surface area (Å²) in [7, 11) is 2.18. The first-order valence-corrected chi connectivity index (χ1v) is 11.9. The molecular weight excluding hydrogens is 398 g/mol. The number of nitrogens with two attached hydrogens (primary N) is 1. The van der Waals surface area contributed by atoms with Gasteiger partial charge in [0.25, 0.3) is 0 Å². The number of benzene rings is 1. The van der Waals surface area contributed by atoms with Crippen LogP contribution in [0.25, 0.3) is 10.9 Å². The molecule has 0 spiro atoms. The van der Waals surface area contributed by atoms with Gasteiger partial charge in [-0.25, -0.2) is 4.98 Å². The van der Waals surface area contributed by atoms with E-state index in [0.717, 1.165) is 38.1 Å². The Morgan fingerprint density at radius 1 is 1.34 bits per heavy atom. The number of aromatic nitrogens is 3. The summed E-state index contributed by atoms with van der Waals surface area (Å²) in [5.41, 5.74) is 9.77. The van der Waals surface area contributed by atoms with E-state index in [4.69, 9.17) is 5.73 Å². The number of H-pyrrole nitrogens is 1. The van der Waals surface area contributed by atoms with Crippen molar-refractivity contribution >= 4 is 16.8 Å². The average molecular weight is 434 g/mol. The third-order valence-electron chi connectivity index (χ3n) is 8.11. The van der Waals surface area contributed by atoms with Crippen molar-refractivity contribution in [1.82, 2.24) is 19.4 Å². The van der Waals surface area contributed by atoms with Gasteiger partial charge in [-0.2, -0.15) is 0 Å². The summed E-state index contributed by atoms with van der Waals surface area (Å²) in [5, 5.41) is 1.40. The molecule has 6 nitrogen and oxygen atoms in total. The number of fused-ring (bicyclic) bond motifs is 2. The lowest BCUT2D eigenvalue weighted by molar-refractivity contribution is -0.133. The Balaban J connectivity index is 1.50. The summed E-state index contributed by atoms with van der Waals surface area (Å²) in [5.74, 6) is 1.41. The van der Waals surface area contributed by atoms with Gasteiger partial charge in [-0.15, -0.1) is 0 Å². The summed E-state index contributed by atoms with van der Waals surface area (Å²) in [6, 6.07) is 7.53. The number of primary amides is 1. The summed E-state index contributed by atoms with van der Waals surface area (Å²) in [6.07, 6.45) is 9.54. The molecule has 1 aliphatic heterocycles. The van der Waals surface area contributed by atoms with Gasteiger partial charge in [0.1, 0.15) is 5.82 Å². The minimum Gasteiger partial charge on any atom is -0.369 e. The fourth-order valence-electron chi connectivity index (χ4n) is 6.34. The van der Waals surface area contributed by atoms with Gasteiger partial charge in [-0.1, -0.05) is 19.1 Å². The van der Waals surface area contributed by atoms with Crippen LogP contribution >= 0.6 is 0 Å². The number of imidazole rings is 1. The monoisotopic (exact) mass is 433 g/mol. The van der Waals surface area contributed by atoms with E-state index >= 15 is 0 Å². The topological polar surface area (TPSA) is 79.9 Å². The number of carbonyl (C=O) groups is 1. The second kappa shape index (κ2) is 7.77. The fourth-order valence-corrected chi connectivity index (χ4v) is 6.34. The molecule has 32 heavy (non-hydrogen) atoms. The molecule has 3 heterocycles. The second-order valence-corrected chi connectivity index (χ2v) is 10.5. The molecule has 0 radical (unpaired) electrons. The quantitative estimate of drug-likeness (QED) is 0.607. The van der Waals surface area contributed by atoms with Crippen LogP contribution in [-0.2, 0) is 11.2 Å². The van der Waals surface area contributed by atoms with Crippen molar-refractivity contribution in [3.05, 3.63) is 53.7 Å². The molecule has 0 saturated carbocycles. The predicted octanol–water partition coefficient (Wildman–Crippen LogP) is 4.34. The van der Waals surface area contributed by atoms with Crippen molar-refractivity contribution in [2.45, 2.75) is 70.4 Å². The van der Waals surface area contributed by atoms with E-state index in [-0.39, 0.29) is 11.8 Å². The summed E-state index contributed by atoms with van der Waals surface area (Å²) in [6.45, 7) is 7.38. The van der Waals surface area contributed by atoms with Gasteiger partial charge in [-0.3, -0.25) is 4.79 Å². The van der Waals surface area contributed by atoms with Crippen molar-refractivity contribution in [2.75, 3.05) is 13.6 Å². The Morgan fingerprint density at radius 3 is 2.84 bits per heavy atom. The minimum atomic E-state index is -0.517. The van der Waals surface area contributed by atoms with E-state index < -0.39 is 5.41 Å². The second-order valence-electron chi connectivity index (χ2n) is 10.5. The van der Waals surface area contributed by atoms with Gasteiger partial charge >= 0.3 is 0 Å². The third kappa shape index (κ3) is 3.27. The largest absolute Gasteiger partial charge is 0.369 e. The van der Waals surface area contributed by atoms with Crippen LogP contribution in [0.15, 0.2) is 36.8 Å². The molecule has 0 bridgehead atoms. The lowest BCUT2D eigenvalue weighted by Gasteiger charge is -2.50. The van der Waals surface area contributed by atoms with E-state index in [1.54, 1.807) is 6.20 Å². The Morgan fingerprint density at radius 2 is 2.16 bits per heavy atom. The van der Waals surface area contributed by atoms with Crippen molar-refractivity contribution in [3.63, 3.8) is 0 Å². The van der Waals surface area contributed by atoms with Crippen molar-refractivity contribution in [1.29, 1.82) is 0 Å². The number of nitrogens with one attached hydrogen (secondary N) is 1. The van der Waals surface area contributed by atoms with Crippen LogP contribution in [0.3, 0.4) is 0 Å². The number of likely N-dealkylation sites (N-methyl/N-ethyl adjacent to an activating group) is 1. The number of rotatable bonds is 6. The van der Waals surface area contributed by atoms with Crippen LogP contribution in [-0.4, -0.2) is 45.0 Å². The molecule has 2 unspecified atom stereocenters. The predicted molar refractivity (Wildman–Crippen MR) is 128 cm³/mol. The number of piperidine rings is 1. The van der Waals surface area contributed by atoms with Crippen LogP contribution in [0.1, 0.15) is 74.9 Å². The molecule has 1 saturated heterocycles. The highest BCUT2D eigenvalue weighted by Crippen LogP contribution is 2.50. The Labute approximate surface area is 190 Å². The van der Waals surface area contributed by atoms with Gasteiger partial charge in [0.15, 0.2) is 0 Å². The number of hydrogen-bond acceptors (Lipinski definition) is 3. The number of aromatic amines is 1. The number of carbonyl (C=O) groups excluding carboxylic acids is 1. The van der Waals surface area contributed by atoms with Crippen molar-refractivity contribution in [3.8, 4) is 0 Å². The van der Waals surface area contributed by atoms with Crippen molar-refractivity contribution < 1.29 is 4.79 Å². The number of amides is 1. The third-order valence-corrected chi connectivity index (χ3v) is 8.11. The Hall–Kier alpha value is -2.60. The van der Waals surface area contributed by atoms with E-state index in [9.17, 15) is 4.79 Å². The van der Waals surface area contributed by atoms with E-state index in [1.807, 2.05) is 6.20 Å². The van der Waals surface area contributed by atoms with Gasteiger partial charge in [0.05, 0.1) is 5.41 Å². The molecule has 1 fully saturated rings. The molecule has 5 rings (SSSR count). The highest BCUT2D eigenvalue weighted by atomic mass is 16.1. The van der Waals surface area contributed by atoms with Gasteiger partial charge in [-0.05, 0) is 63.8 Å². The van der Waals surface area contributed by atoms with E-state index in [1.165, 1.54) is 22.0 Å². The van der Waals surface area contributed by atoms with Crippen LogP contribution in [0.2, 0.25) is 0 Å². The number of likely N-dealkylation sites (tertiary alicyclic amines) is 1. The summed E-state index contributed by atoms with van der Waals surface area (Å²) >= 11 is 0. The standard InChI is InChI=1S/C26H35N5O/c1-16(2)31-14-18-12-22-20(19-6-5-7-21(31)23(18)19)13-26(25(27)32,15-30(22)4)9-8-17(3)24-28-10-11-29-24/h5-7,10-11,14,16-17,20,22H,8-9,12-13,15H2,1-4H3,(H2,27,32)(H,28,29)/t17?,20-,22-,26?/m1/s1. The molecule has 1 amide bonds. The summed E-state index contributed by atoms with van der Waals surface area (Å²) in [4.78, 5) is 23.0. The zero-order chi connectivity index (χ0) is 22.6. The number of nitrogens with zero attached hydrogens (tertiary/aromatic N) is 3. The molecule has 3 N–H and O–H groups in total. The molecule has 2 aromatic heterocycles. The molecule has 4 atom stereocenters. The van der Waals surface area contributed by atoms with Gasteiger partial charge in [0, 0.05) is 60.0 Å². The maximum atomic E-state index is 12.9. The highest BCUT2D eigenvalue weighted by Gasteiger charge is 2.49. The number of hydrogen-bond donors (Lipinski definition) is 2. The van der Waals surface area contributed by atoms with Crippen LogP contribution in [0, 0.1) is 5.41 Å². The molecule has 170 valence electrons. The van der Waals surface area contributed by atoms with Gasteiger partial charge in [0.2, 0.25) is 5.91 Å². The molecule has 6 heteroatoms. The van der Waals surface area contributed by atoms with Crippen LogP contribution in [0.4, 0.5) is 0 Å². The first-order chi connectivity index (χ1) is 15.3. The lowest BCUT2D eigenvalue weighted by Crippen LogP contribution is -2.57. The maximum Gasteiger partial charge on any atom is 0.224 e. The van der Waals surface area contributed by atoms with Crippen LogP contribution < -0.4 is 5.73 Å². The smallest absolute Gasteiger partial charge is 0.224 e. The molecular formula is C26H35N5O.